The van der Waals surface area contributed by atoms with Gasteiger partial charge in [0, 0.05) is 20.7 Å². The summed E-state index contributed by atoms with van der Waals surface area (Å²) >= 11 is 6.74. The Bertz CT molecular complexity index is 618. The van der Waals surface area contributed by atoms with E-state index in [1.165, 1.54) is 6.20 Å². The van der Waals surface area contributed by atoms with Crippen LogP contribution >= 0.6 is 31.9 Å². The van der Waals surface area contributed by atoms with Crippen LogP contribution in [0.4, 0.5) is 11.5 Å². The number of hydrogen-bond donors (Lipinski definition) is 3. The lowest BCUT2D eigenvalue weighted by Gasteiger charge is -2.08. The van der Waals surface area contributed by atoms with E-state index in [-0.39, 0.29) is 5.91 Å². The van der Waals surface area contributed by atoms with Crippen molar-refractivity contribution in [3.8, 4) is 0 Å². The van der Waals surface area contributed by atoms with Crippen molar-refractivity contribution in [2.45, 2.75) is 0 Å². The van der Waals surface area contributed by atoms with E-state index in [0.717, 1.165) is 8.95 Å². The maximum Gasteiger partial charge on any atom is 0.255 e. The summed E-state index contributed by atoms with van der Waals surface area (Å²) in [7, 11) is 0. The molecule has 7 heteroatoms. The Kier molecular flexibility index (Phi) is 4.52. The molecule has 0 unspecified atom stereocenters. The van der Waals surface area contributed by atoms with Crippen LogP contribution in [0.15, 0.2) is 45.5 Å². The third-order valence-corrected chi connectivity index (χ3v) is 3.53. The number of amides is 1. The molecule has 0 bridgehead atoms. The monoisotopic (exact) mass is 384 g/mol. The highest BCUT2D eigenvalue weighted by Crippen LogP contribution is 2.26. The number of benzene rings is 1. The summed E-state index contributed by atoms with van der Waals surface area (Å²) in [5, 5.41) is 2.81. The van der Waals surface area contributed by atoms with Crippen molar-refractivity contribution in [1.29, 1.82) is 0 Å². The Balaban J connectivity index is 2.22. The molecule has 0 fully saturated rings. The van der Waals surface area contributed by atoms with Crippen LogP contribution < -0.4 is 16.6 Å². The molecule has 0 aliphatic rings. The number of nitrogens with one attached hydrogen (secondary N) is 2. The van der Waals surface area contributed by atoms with Crippen molar-refractivity contribution in [1.82, 2.24) is 4.98 Å². The molecule has 0 spiro atoms. The molecule has 0 aliphatic carbocycles. The minimum atomic E-state index is -0.238. The number of nitrogens with zero attached hydrogens (tertiary/aromatic N) is 1. The standard InChI is InChI=1S/C12H10Br2N4O/c13-8-1-2-9(14)10(6-8)17-12(19)7-3-4-16-11(5-7)18-15/h1-6H,15H2,(H,16,18)(H,17,19). The number of pyridine rings is 1. The summed E-state index contributed by atoms with van der Waals surface area (Å²) in [6, 6.07) is 8.72. The Morgan fingerprint density at radius 3 is 2.74 bits per heavy atom. The molecule has 1 aromatic heterocycles. The van der Waals surface area contributed by atoms with E-state index in [9.17, 15) is 4.79 Å². The van der Waals surface area contributed by atoms with Crippen molar-refractivity contribution >= 4 is 49.3 Å². The molecule has 2 rings (SSSR count). The fourth-order valence-corrected chi connectivity index (χ4v) is 2.15. The molecular weight excluding hydrogens is 376 g/mol. The van der Waals surface area contributed by atoms with Crippen LogP contribution in [-0.2, 0) is 0 Å². The predicted molar refractivity (Wildman–Crippen MR) is 81.8 cm³/mol. The Morgan fingerprint density at radius 2 is 2.00 bits per heavy atom. The maximum absolute atomic E-state index is 12.1. The number of rotatable bonds is 3. The zero-order valence-electron chi connectivity index (χ0n) is 9.65. The van der Waals surface area contributed by atoms with E-state index in [1.54, 1.807) is 12.1 Å². The highest BCUT2D eigenvalue weighted by Gasteiger charge is 2.09. The van der Waals surface area contributed by atoms with Crippen LogP contribution in [-0.4, -0.2) is 10.9 Å². The van der Waals surface area contributed by atoms with Gasteiger partial charge >= 0.3 is 0 Å². The van der Waals surface area contributed by atoms with Gasteiger partial charge in [0.05, 0.1) is 5.69 Å². The number of anilines is 2. The molecule has 0 aliphatic heterocycles. The summed E-state index contributed by atoms with van der Waals surface area (Å²) in [6.07, 6.45) is 1.51. The average molecular weight is 386 g/mol. The van der Waals surface area contributed by atoms with Crippen LogP contribution in [0.25, 0.3) is 0 Å². The van der Waals surface area contributed by atoms with E-state index in [4.69, 9.17) is 5.84 Å². The van der Waals surface area contributed by atoms with E-state index in [1.807, 2.05) is 18.2 Å². The van der Waals surface area contributed by atoms with Gasteiger partial charge in [0.25, 0.3) is 5.91 Å². The number of carbonyl (C=O) groups is 1. The van der Waals surface area contributed by atoms with Crippen LogP contribution in [0.5, 0.6) is 0 Å². The topological polar surface area (TPSA) is 80.0 Å². The van der Waals surface area contributed by atoms with E-state index >= 15 is 0 Å². The normalized spacial score (nSPS) is 10.1. The fraction of sp³-hybridized carbons (Fsp3) is 0. The summed E-state index contributed by atoms with van der Waals surface area (Å²) < 4.78 is 1.68. The summed E-state index contributed by atoms with van der Waals surface area (Å²) in [4.78, 5) is 16.0. The molecule has 0 radical (unpaired) electrons. The minimum Gasteiger partial charge on any atom is -0.321 e. The van der Waals surface area contributed by atoms with Gasteiger partial charge in [0.1, 0.15) is 5.82 Å². The number of carbonyl (C=O) groups excluding carboxylic acids is 1. The third-order valence-electron chi connectivity index (χ3n) is 2.35. The van der Waals surface area contributed by atoms with Gasteiger partial charge in [-0.05, 0) is 46.3 Å². The fourth-order valence-electron chi connectivity index (χ4n) is 1.44. The van der Waals surface area contributed by atoms with Crippen molar-refractivity contribution in [2.75, 3.05) is 10.7 Å². The predicted octanol–water partition coefficient (Wildman–Crippen LogP) is 3.14. The maximum atomic E-state index is 12.1. The third kappa shape index (κ3) is 3.52. The van der Waals surface area contributed by atoms with Gasteiger partial charge in [-0.15, -0.1) is 0 Å². The molecule has 1 amide bonds. The molecule has 0 saturated carbocycles. The quantitative estimate of drug-likeness (QED) is 0.560. The Morgan fingerprint density at radius 1 is 1.21 bits per heavy atom. The molecule has 4 N–H and O–H groups in total. The lowest BCUT2D eigenvalue weighted by Crippen LogP contribution is -2.14. The first-order valence-corrected chi connectivity index (χ1v) is 6.88. The van der Waals surface area contributed by atoms with E-state index in [0.29, 0.717) is 17.1 Å². The minimum absolute atomic E-state index is 0.238. The van der Waals surface area contributed by atoms with Crippen LogP contribution in [0.3, 0.4) is 0 Å². The second kappa shape index (κ2) is 6.14. The zero-order chi connectivity index (χ0) is 13.8. The number of halogens is 2. The SMILES string of the molecule is NNc1cc(C(=O)Nc2cc(Br)ccc2Br)ccn1. The van der Waals surface area contributed by atoms with E-state index < -0.39 is 0 Å². The highest BCUT2D eigenvalue weighted by molar-refractivity contribution is 9.11. The summed E-state index contributed by atoms with van der Waals surface area (Å²) in [5.41, 5.74) is 3.55. The number of hydrazine groups is 1. The average Bonchev–Trinajstić information content (AvgIpc) is 2.43. The molecular formula is C12H10Br2N4O. The summed E-state index contributed by atoms with van der Waals surface area (Å²) in [5.74, 6) is 5.45. The molecule has 98 valence electrons. The van der Waals surface area contributed by atoms with Gasteiger partial charge < -0.3 is 10.7 Å². The van der Waals surface area contributed by atoms with Gasteiger partial charge in [-0.3, -0.25) is 4.79 Å². The van der Waals surface area contributed by atoms with Gasteiger partial charge in [-0.2, -0.15) is 0 Å². The smallest absolute Gasteiger partial charge is 0.255 e. The molecule has 1 heterocycles. The number of aromatic nitrogens is 1. The van der Waals surface area contributed by atoms with Crippen molar-refractivity contribution in [3.05, 3.63) is 51.0 Å². The first-order valence-electron chi connectivity index (χ1n) is 5.29. The number of hydrogen-bond acceptors (Lipinski definition) is 4. The van der Waals surface area contributed by atoms with Crippen molar-refractivity contribution < 1.29 is 4.79 Å². The Hall–Kier alpha value is -1.44. The largest absolute Gasteiger partial charge is 0.321 e. The van der Waals surface area contributed by atoms with Crippen molar-refractivity contribution in [2.24, 2.45) is 5.84 Å². The van der Waals surface area contributed by atoms with Gasteiger partial charge in [0.15, 0.2) is 0 Å². The second-order valence-corrected chi connectivity index (χ2v) is 5.42. The molecule has 0 atom stereocenters. The van der Waals surface area contributed by atoms with Crippen LogP contribution in [0, 0.1) is 0 Å². The molecule has 1 aromatic carbocycles. The van der Waals surface area contributed by atoms with Crippen LogP contribution in [0.1, 0.15) is 10.4 Å². The number of nitrogen functional groups attached to an aromatic ring is 1. The summed E-state index contributed by atoms with van der Waals surface area (Å²) in [6.45, 7) is 0. The lowest BCUT2D eigenvalue weighted by atomic mass is 10.2. The zero-order valence-corrected chi connectivity index (χ0v) is 12.8. The molecule has 2 aromatic rings. The first-order chi connectivity index (χ1) is 9.10. The Labute approximate surface area is 126 Å². The van der Waals surface area contributed by atoms with Crippen molar-refractivity contribution in [3.63, 3.8) is 0 Å². The van der Waals surface area contributed by atoms with Gasteiger partial charge in [0.2, 0.25) is 0 Å². The highest BCUT2D eigenvalue weighted by atomic mass is 79.9. The first kappa shape index (κ1) is 14.0. The van der Waals surface area contributed by atoms with Gasteiger partial charge in [-0.25, -0.2) is 10.8 Å². The van der Waals surface area contributed by atoms with Gasteiger partial charge in [-0.1, -0.05) is 15.9 Å². The molecule has 19 heavy (non-hydrogen) atoms. The lowest BCUT2D eigenvalue weighted by molar-refractivity contribution is 0.102. The van der Waals surface area contributed by atoms with Crippen LogP contribution in [0.2, 0.25) is 0 Å². The van der Waals surface area contributed by atoms with E-state index in [2.05, 4.69) is 47.6 Å². The molecule has 0 saturated heterocycles. The number of nitrogens with two attached hydrogens (primary N) is 1. The molecule has 5 nitrogen and oxygen atoms in total. The second-order valence-electron chi connectivity index (χ2n) is 3.65.